The average molecular weight is 325 g/mol. The van der Waals surface area contributed by atoms with Gasteiger partial charge in [0.2, 0.25) is 0 Å². The monoisotopic (exact) mass is 325 g/mol. The summed E-state index contributed by atoms with van der Waals surface area (Å²) < 4.78 is 2.93. The molecule has 1 heterocycles. The van der Waals surface area contributed by atoms with Crippen LogP contribution in [-0.2, 0) is 6.54 Å². The second-order valence-corrected chi connectivity index (χ2v) is 5.00. The lowest BCUT2D eigenvalue weighted by Crippen LogP contribution is -2.21. The van der Waals surface area contributed by atoms with Crippen molar-refractivity contribution in [3.8, 4) is 0 Å². The minimum Gasteiger partial charge on any atom is -0.311 e. The van der Waals surface area contributed by atoms with E-state index in [0.29, 0.717) is 6.54 Å². The van der Waals surface area contributed by atoms with Crippen LogP contribution in [0.3, 0.4) is 0 Å². The lowest BCUT2D eigenvalue weighted by molar-refractivity contribution is 0.752. The van der Waals surface area contributed by atoms with Crippen molar-refractivity contribution in [1.29, 1.82) is 0 Å². The standard InChI is InChI=1S/C13H12INO/c1-10-4-3-7-15(13(10)16)9-11-5-2-6-12(14)8-11/h2-8H,9H2,1H3. The third kappa shape index (κ3) is 2.52. The Morgan fingerprint density at radius 1 is 1.25 bits per heavy atom. The highest BCUT2D eigenvalue weighted by Gasteiger charge is 2.00. The molecule has 2 rings (SSSR count). The third-order valence-electron chi connectivity index (χ3n) is 2.45. The summed E-state index contributed by atoms with van der Waals surface area (Å²) in [5.41, 5.74) is 2.02. The molecule has 1 aromatic carbocycles. The molecule has 3 heteroatoms. The van der Waals surface area contributed by atoms with Gasteiger partial charge in [0.25, 0.3) is 5.56 Å². The minimum atomic E-state index is 0.0846. The Labute approximate surface area is 108 Å². The number of nitrogens with zero attached hydrogens (tertiary/aromatic N) is 1. The zero-order valence-corrected chi connectivity index (χ0v) is 11.1. The van der Waals surface area contributed by atoms with Crippen LogP contribution in [0.15, 0.2) is 47.4 Å². The molecule has 0 bridgehead atoms. The van der Waals surface area contributed by atoms with E-state index in [1.807, 2.05) is 43.5 Å². The molecule has 16 heavy (non-hydrogen) atoms. The van der Waals surface area contributed by atoms with Crippen molar-refractivity contribution in [3.05, 3.63) is 67.6 Å². The molecule has 82 valence electrons. The van der Waals surface area contributed by atoms with Crippen molar-refractivity contribution in [2.24, 2.45) is 0 Å². The second-order valence-electron chi connectivity index (χ2n) is 3.75. The minimum absolute atomic E-state index is 0.0846. The normalized spacial score (nSPS) is 10.4. The third-order valence-corrected chi connectivity index (χ3v) is 3.12. The highest BCUT2D eigenvalue weighted by molar-refractivity contribution is 14.1. The van der Waals surface area contributed by atoms with E-state index in [2.05, 4.69) is 28.7 Å². The van der Waals surface area contributed by atoms with E-state index >= 15 is 0 Å². The fourth-order valence-corrected chi connectivity index (χ4v) is 2.22. The number of benzene rings is 1. The molecule has 0 unspecified atom stereocenters. The quantitative estimate of drug-likeness (QED) is 0.779. The topological polar surface area (TPSA) is 22.0 Å². The van der Waals surface area contributed by atoms with E-state index < -0.39 is 0 Å². The molecule has 0 radical (unpaired) electrons. The number of aromatic nitrogens is 1. The molecule has 0 saturated carbocycles. The summed E-state index contributed by atoms with van der Waals surface area (Å²) in [4.78, 5) is 11.8. The zero-order chi connectivity index (χ0) is 11.5. The molecule has 0 spiro atoms. The molecule has 0 aliphatic carbocycles. The van der Waals surface area contributed by atoms with Gasteiger partial charge in [0.05, 0.1) is 6.54 Å². The van der Waals surface area contributed by atoms with Crippen molar-refractivity contribution in [2.45, 2.75) is 13.5 Å². The van der Waals surface area contributed by atoms with E-state index in [1.165, 1.54) is 3.57 Å². The first kappa shape index (κ1) is 11.4. The molecule has 0 aliphatic heterocycles. The van der Waals surface area contributed by atoms with Gasteiger partial charge in [-0.2, -0.15) is 0 Å². The fraction of sp³-hybridized carbons (Fsp3) is 0.154. The number of halogens is 1. The number of hydrogen-bond acceptors (Lipinski definition) is 1. The molecule has 1 aromatic heterocycles. The Bertz CT molecular complexity index is 560. The first-order valence-corrected chi connectivity index (χ1v) is 6.15. The predicted molar refractivity (Wildman–Crippen MR) is 73.7 cm³/mol. The molecular formula is C13H12INO. The van der Waals surface area contributed by atoms with Crippen LogP contribution in [0.25, 0.3) is 0 Å². The first-order valence-electron chi connectivity index (χ1n) is 5.07. The van der Waals surface area contributed by atoms with Gasteiger partial charge in [0.15, 0.2) is 0 Å². The Kier molecular flexibility index (Phi) is 3.43. The van der Waals surface area contributed by atoms with E-state index in [9.17, 15) is 4.79 Å². The van der Waals surface area contributed by atoms with Crippen LogP contribution in [-0.4, -0.2) is 4.57 Å². The summed E-state index contributed by atoms with van der Waals surface area (Å²) in [6.07, 6.45) is 1.83. The molecule has 2 nitrogen and oxygen atoms in total. The largest absolute Gasteiger partial charge is 0.311 e. The molecule has 2 aromatic rings. The van der Waals surface area contributed by atoms with Crippen molar-refractivity contribution in [2.75, 3.05) is 0 Å². The van der Waals surface area contributed by atoms with Gasteiger partial charge in [-0.25, -0.2) is 0 Å². The molecule has 0 aliphatic rings. The highest BCUT2D eigenvalue weighted by Crippen LogP contribution is 2.08. The lowest BCUT2D eigenvalue weighted by Gasteiger charge is -2.06. The number of hydrogen-bond donors (Lipinski definition) is 0. The van der Waals surface area contributed by atoms with Crippen LogP contribution in [0.4, 0.5) is 0 Å². The van der Waals surface area contributed by atoms with Gasteiger partial charge in [-0.3, -0.25) is 4.79 Å². The van der Waals surface area contributed by atoms with Gasteiger partial charge in [-0.05, 0) is 53.3 Å². The summed E-state index contributed by atoms with van der Waals surface area (Å²) in [5.74, 6) is 0. The van der Waals surface area contributed by atoms with Crippen molar-refractivity contribution >= 4 is 22.6 Å². The van der Waals surface area contributed by atoms with Crippen LogP contribution < -0.4 is 5.56 Å². The highest BCUT2D eigenvalue weighted by atomic mass is 127. The smallest absolute Gasteiger partial charge is 0.253 e. The second kappa shape index (κ2) is 4.82. The number of pyridine rings is 1. The lowest BCUT2D eigenvalue weighted by atomic mass is 10.2. The Hall–Kier alpha value is -1.10. The van der Waals surface area contributed by atoms with Crippen LogP contribution in [0.5, 0.6) is 0 Å². The zero-order valence-electron chi connectivity index (χ0n) is 8.98. The van der Waals surface area contributed by atoms with Gasteiger partial charge in [0, 0.05) is 15.3 Å². The van der Waals surface area contributed by atoms with Crippen molar-refractivity contribution in [1.82, 2.24) is 4.57 Å². The number of rotatable bonds is 2. The first-order chi connectivity index (χ1) is 7.66. The fourth-order valence-electron chi connectivity index (χ4n) is 1.61. The summed E-state index contributed by atoms with van der Waals surface area (Å²) in [6.45, 7) is 2.48. The Balaban J connectivity index is 2.34. The van der Waals surface area contributed by atoms with E-state index in [1.54, 1.807) is 4.57 Å². The summed E-state index contributed by atoms with van der Waals surface area (Å²) >= 11 is 2.28. The van der Waals surface area contributed by atoms with E-state index in [4.69, 9.17) is 0 Å². The van der Waals surface area contributed by atoms with Gasteiger partial charge in [0.1, 0.15) is 0 Å². The molecule has 0 N–H and O–H groups in total. The molecule has 0 amide bonds. The maximum Gasteiger partial charge on any atom is 0.253 e. The SMILES string of the molecule is Cc1cccn(Cc2cccc(I)c2)c1=O. The molecule has 0 fully saturated rings. The molecule has 0 saturated heterocycles. The maximum atomic E-state index is 11.8. The van der Waals surface area contributed by atoms with Crippen molar-refractivity contribution in [3.63, 3.8) is 0 Å². The maximum absolute atomic E-state index is 11.8. The Morgan fingerprint density at radius 2 is 2.06 bits per heavy atom. The molecular weight excluding hydrogens is 313 g/mol. The summed E-state index contributed by atoms with van der Waals surface area (Å²) in [7, 11) is 0. The van der Waals surface area contributed by atoms with Gasteiger partial charge in [-0.15, -0.1) is 0 Å². The summed E-state index contributed by atoms with van der Waals surface area (Å²) in [5, 5.41) is 0. The number of aryl methyl sites for hydroxylation is 1. The summed E-state index contributed by atoms with van der Waals surface area (Å²) in [6, 6.07) is 11.9. The Morgan fingerprint density at radius 3 is 2.81 bits per heavy atom. The van der Waals surface area contributed by atoms with Gasteiger partial charge >= 0.3 is 0 Å². The van der Waals surface area contributed by atoms with Crippen molar-refractivity contribution < 1.29 is 0 Å². The van der Waals surface area contributed by atoms with Crippen LogP contribution >= 0.6 is 22.6 Å². The van der Waals surface area contributed by atoms with Crippen LogP contribution in [0.2, 0.25) is 0 Å². The van der Waals surface area contributed by atoms with Crippen LogP contribution in [0.1, 0.15) is 11.1 Å². The van der Waals surface area contributed by atoms with E-state index in [0.717, 1.165) is 11.1 Å². The van der Waals surface area contributed by atoms with Gasteiger partial charge in [-0.1, -0.05) is 18.2 Å². The average Bonchev–Trinajstić information content (AvgIpc) is 2.25. The molecule has 0 atom stereocenters. The van der Waals surface area contributed by atoms with Crippen LogP contribution in [0, 0.1) is 10.5 Å². The van der Waals surface area contributed by atoms with E-state index in [-0.39, 0.29) is 5.56 Å². The predicted octanol–water partition coefficient (Wildman–Crippen LogP) is 2.81. The van der Waals surface area contributed by atoms with Gasteiger partial charge < -0.3 is 4.57 Å².